The van der Waals surface area contributed by atoms with Gasteiger partial charge in [0.15, 0.2) is 0 Å². The van der Waals surface area contributed by atoms with E-state index in [1.807, 2.05) is 12.1 Å². The lowest BCUT2D eigenvalue weighted by molar-refractivity contribution is -0.130. The lowest BCUT2D eigenvalue weighted by Crippen LogP contribution is -2.51. The summed E-state index contributed by atoms with van der Waals surface area (Å²) in [5, 5.41) is 0. The molecule has 1 saturated heterocycles. The standard InChI is InChI=1S/C15H22BrNO2/c1-11-8-17(10-15(2,3)19-11)9-12-7-13(18-4)5-6-14(12)16/h5-7,11H,8-10H2,1-4H3. The summed E-state index contributed by atoms with van der Waals surface area (Å²) in [7, 11) is 1.70. The van der Waals surface area contributed by atoms with Crippen molar-refractivity contribution >= 4 is 15.9 Å². The van der Waals surface area contributed by atoms with Gasteiger partial charge in [-0.3, -0.25) is 4.90 Å². The Hall–Kier alpha value is -0.580. The number of hydrogen-bond donors (Lipinski definition) is 0. The van der Waals surface area contributed by atoms with Crippen molar-refractivity contribution < 1.29 is 9.47 Å². The van der Waals surface area contributed by atoms with Crippen molar-refractivity contribution in [3.8, 4) is 5.75 Å². The highest BCUT2D eigenvalue weighted by atomic mass is 79.9. The highest BCUT2D eigenvalue weighted by molar-refractivity contribution is 9.10. The zero-order chi connectivity index (χ0) is 14.0. The van der Waals surface area contributed by atoms with Crippen LogP contribution in [0.2, 0.25) is 0 Å². The number of nitrogens with zero attached hydrogens (tertiary/aromatic N) is 1. The molecule has 0 N–H and O–H groups in total. The molecule has 0 amide bonds. The molecular weight excluding hydrogens is 306 g/mol. The lowest BCUT2D eigenvalue weighted by atomic mass is 10.0. The molecule has 0 spiro atoms. The van der Waals surface area contributed by atoms with Crippen molar-refractivity contribution in [2.45, 2.75) is 39.0 Å². The molecule has 19 heavy (non-hydrogen) atoms. The smallest absolute Gasteiger partial charge is 0.119 e. The van der Waals surface area contributed by atoms with Crippen molar-refractivity contribution in [3.05, 3.63) is 28.2 Å². The minimum Gasteiger partial charge on any atom is -0.497 e. The molecule has 1 heterocycles. The number of morpholine rings is 1. The van der Waals surface area contributed by atoms with Crippen LogP contribution in [0, 0.1) is 0 Å². The summed E-state index contributed by atoms with van der Waals surface area (Å²) in [5.41, 5.74) is 1.17. The van der Waals surface area contributed by atoms with Crippen LogP contribution in [-0.2, 0) is 11.3 Å². The van der Waals surface area contributed by atoms with Crippen LogP contribution >= 0.6 is 15.9 Å². The topological polar surface area (TPSA) is 21.7 Å². The van der Waals surface area contributed by atoms with E-state index in [1.54, 1.807) is 7.11 Å². The Bertz CT molecular complexity index is 448. The Morgan fingerprint density at radius 1 is 1.47 bits per heavy atom. The molecule has 1 aliphatic rings. The van der Waals surface area contributed by atoms with Crippen LogP contribution in [0.3, 0.4) is 0 Å². The third kappa shape index (κ3) is 3.94. The van der Waals surface area contributed by atoms with Gasteiger partial charge >= 0.3 is 0 Å². The van der Waals surface area contributed by atoms with Gasteiger partial charge in [-0.25, -0.2) is 0 Å². The summed E-state index contributed by atoms with van der Waals surface area (Å²) in [6, 6.07) is 6.11. The molecule has 106 valence electrons. The summed E-state index contributed by atoms with van der Waals surface area (Å²) in [4.78, 5) is 2.44. The van der Waals surface area contributed by atoms with E-state index in [1.165, 1.54) is 5.56 Å². The zero-order valence-electron chi connectivity index (χ0n) is 12.1. The molecule has 1 aliphatic heterocycles. The van der Waals surface area contributed by atoms with E-state index >= 15 is 0 Å². The quantitative estimate of drug-likeness (QED) is 0.848. The molecule has 1 aromatic rings. The summed E-state index contributed by atoms with van der Waals surface area (Å²) in [6.07, 6.45) is 0.271. The highest BCUT2D eigenvalue weighted by Gasteiger charge is 2.31. The van der Waals surface area contributed by atoms with Gasteiger partial charge in [0.2, 0.25) is 0 Å². The molecule has 0 saturated carbocycles. The van der Waals surface area contributed by atoms with Gasteiger partial charge in [-0.15, -0.1) is 0 Å². The van der Waals surface area contributed by atoms with Gasteiger partial charge in [-0.05, 0) is 44.5 Å². The van der Waals surface area contributed by atoms with Gasteiger partial charge in [0.25, 0.3) is 0 Å². The summed E-state index contributed by atoms with van der Waals surface area (Å²) < 4.78 is 12.4. The Balaban J connectivity index is 2.12. The summed E-state index contributed by atoms with van der Waals surface area (Å²) in [6.45, 7) is 9.25. The monoisotopic (exact) mass is 327 g/mol. The van der Waals surface area contributed by atoms with E-state index in [0.29, 0.717) is 0 Å². The second-order valence-corrected chi connectivity index (χ2v) is 6.67. The zero-order valence-corrected chi connectivity index (χ0v) is 13.7. The van der Waals surface area contributed by atoms with E-state index in [9.17, 15) is 0 Å². The Kier molecular flexibility index (Phi) is 4.54. The SMILES string of the molecule is COc1ccc(Br)c(CN2CC(C)OC(C)(C)C2)c1. The van der Waals surface area contributed by atoms with Gasteiger partial charge in [0.1, 0.15) is 5.75 Å². The van der Waals surface area contributed by atoms with Crippen LogP contribution in [0.15, 0.2) is 22.7 Å². The van der Waals surface area contributed by atoms with Crippen LogP contribution in [0.5, 0.6) is 5.75 Å². The Morgan fingerprint density at radius 2 is 2.21 bits per heavy atom. The van der Waals surface area contributed by atoms with Crippen LogP contribution in [0.25, 0.3) is 0 Å². The van der Waals surface area contributed by atoms with Crippen molar-refractivity contribution in [2.75, 3.05) is 20.2 Å². The van der Waals surface area contributed by atoms with Gasteiger partial charge in [0, 0.05) is 24.1 Å². The normalized spacial score (nSPS) is 23.3. The first kappa shape index (κ1) is 14.8. The first-order chi connectivity index (χ1) is 8.89. The second-order valence-electron chi connectivity index (χ2n) is 5.82. The molecular formula is C15H22BrNO2. The molecule has 1 aromatic carbocycles. The first-order valence-electron chi connectivity index (χ1n) is 6.62. The van der Waals surface area contributed by atoms with Gasteiger partial charge in [0.05, 0.1) is 18.8 Å². The van der Waals surface area contributed by atoms with Crippen molar-refractivity contribution in [1.82, 2.24) is 4.90 Å². The fourth-order valence-electron chi connectivity index (χ4n) is 2.75. The van der Waals surface area contributed by atoms with Gasteiger partial charge < -0.3 is 9.47 Å². The van der Waals surface area contributed by atoms with Crippen LogP contribution in [-0.4, -0.2) is 36.8 Å². The molecule has 1 atom stereocenters. The van der Waals surface area contributed by atoms with Gasteiger partial charge in [-0.2, -0.15) is 0 Å². The van der Waals surface area contributed by atoms with E-state index in [2.05, 4.69) is 47.7 Å². The van der Waals surface area contributed by atoms with Crippen LogP contribution < -0.4 is 4.74 Å². The molecule has 1 fully saturated rings. The second kappa shape index (κ2) is 5.81. The predicted molar refractivity (Wildman–Crippen MR) is 80.6 cm³/mol. The van der Waals surface area contributed by atoms with Crippen molar-refractivity contribution in [1.29, 1.82) is 0 Å². The average Bonchev–Trinajstić information content (AvgIpc) is 2.29. The average molecular weight is 328 g/mol. The largest absolute Gasteiger partial charge is 0.497 e. The minimum absolute atomic E-state index is 0.0803. The Morgan fingerprint density at radius 3 is 2.84 bits per heavy atom. The molecule has 2 rings (SSSR count). The third-order valence-corrected chi connectivity index (χ3v) is 4.06. The molecule has 0 radical (unpaired) electrons. The van der Waals surface area contributed by atoms with Gasteiger partial charge in [-0.1, -0.05) is 15.9 Å². The summed E-state index contributed by atoms with van der Waals surface area (Å²) >= 11 is 3.62. The molecule has 4 heteroatoms. The molecule has 0 aromatic heterocycles. The van der Waals surface area contributed by atoms with Crippen LogP contribution in [0.4, 0.5) is 0 Å². The maximum absolute atomic E-state index is 5.94. The molecule has 3 nitrogen and oxygen atoms in total. The summed E-state index contributed by atoms with van der Waals surface area (Å²) in [5.74, 6) is 0.902. The maximum atomic E-state index is 5.94. The van der Waals surface area contributed by atoms with Crippen LogP contribution in [0.1, 0.15) is 26.3 Å². The fraction of sp³-hybridized carbons (Fsp3) is 0.600. The number of halogens is 1. The third-order valence-electron chi connectivity index (χ3n) is 3.29. The highest BCUT2D eigenvalue weighted by Crippen LogP contribution is 2.27. The van der Waals surface area contributed by atoms with E-state index in [4.69, 9.17) is 9.47 Å². The number of benzene rings is 1. The van der Waals surface area contributed by atoms with E-state index < -0.39 is 0 Å². The number of rotatable bonds is 3. The van der Waals surface area contributed by atoms with E-state index in [-0.39, 0.29) is 11.7 Å². The fourth-order valence-corrected chi connectivity index (χ4v) is 3.12. The van der Waals surface area contributed by atoms with Crippen molar-refractivity contribution in [3.63, 3.8) is 0 Å². The van der Waals surface area contributed by atoms with E-state index in [0.717, 1.165) is 29.9 Å². The number of methoxy groups -OCH3 is 1. The Labute approximate surface area is 124 Å². The minimum atomic E-state index is -0.0803. The van der Waals surface area contributed by atoms with Crippen molar-refractivity contribution in [2.24, 2.45) is 0 Å². The molecule has 1 unspecified atom stereocenters. The molecule has 0 aliphatic carbocycles. The first-order valence-corrected chi connectivity index (χ1v) is 7.41. The number of hydrogen-bond acceptors (Lipinski definition) is 3. The predicted octanol–water partition coefficient (Wildman–Crippen LogP) is 3.46. The maximum Gasteiger partial charge on any atom is 0.119 e. The molecule has 0 bridgehead atoms. The lowest BCUT2D eigenvalue weighted by Gasteiger charge is -2.41. The number of ether oxygens (including phenoxy) is 2.